The minimum Gasteiger partial charge on any atom is -0.508 e. The van der Waals surface area contributed by atoms with Crippen molar-refractivity contribution in [1.82, 2.24) is 16.0 Å². The van der Waals surface area contributed by atoms with Gasteiger partial charge < -0.3 is 37.0 Å². The van der Waals surface area contributed by atoms with Crippen LogP contribution in [0, 0.1) is 5.92 Å². The fourth-order valence-corrected chi connectivity index (χ4v) is 3.10. The SMILES string of the molecule is CCC(C)C(NC(=O)C(N)Cc1ccc(O)cc1)C(=O)NC(CO)C(=O)NC(CS)C(=O)O. The van der Waals surface area contributed by atoms with Gasteiger partial charge >= 0.3 is 5.97 Å². The van der Waals surface area contributed by atoms with Gasteiger partial charge in [-0.05, 0) is 30.0 Å². The zero-order chi connectivity index (χ0) is 25.1. The van der Waals surface area contributed by atoms with Gasteiger partial charge in [0.25, 0.3) is 0 Å². The van der Waals surface area contributed by atoms with E-state index in [1.165, 1.54) is 12.1 Å². The van der Waals surface area contributed by atoms with E-state index in [9.17, 15) is 29.4 Å². The van der Waals surface area contributed by atoms with Gasteiger partial charge in [-0.3, -0.25) is 14.4 Å². The molecule has 184 valence electrons. The lowest BCUT2D eigenvalue weighted by molar-refractivity contribution is -0.142. The number of aliphatic hydroxyl groups is 1. The van der Waals surface area contributed by atoms with E-state index in [0.717, 1.165) is 0 Å². The topological polar surface area (TPSA) is 191 Å². The maximum absolute atomic E-state index is 12.8. The molecule has 0 fully saturated rings. The molecule has 5 atom stereocenters. The number of hydrogen-bond acceptors (Lipinski definition) is 8. The van der Waals surface area contributed by atoms with Crippen LogP contribution >= 0.6 is 12.6 Å². The van der Waals surface area contributed by atoms with E-state index in [1.807, 2.05) is 6.92 Å². The van der Waals surface area contributed by atoms with Crippen LogP contribution in [0.25, 0.3) is 0 Å². The number of amides is 3. The molecular weight excluding hydrogens is 452 g/mol. The molecule has 0 bridgehead atoms. The quantitative estimate of drug-likeness (QED) is 0.160. The maximum atomic E-state index is 12.8. The first-order valence-electron chi connectivity index (χ1n) is 10.4. The Morgan fingerprint density at radius 3 is 2.06 bits per heavy atom. The Balaban J connectivity index is 2.85. The van der Waals surface area contributed by atoms with Crippen molar-refractivity contribution in [2.75, 3.05) is 12.4 Å². The van der Waals surface area contributed by atoms with Crippen LogP contribution < -0.4 is 21.7 Å². The van der Waals surface area contributed by atoms with E-state index >= 15 is 0 Å². The molecule has 0 aliphatic heterocycles. The summed E-state index contributed by atoms with van der Waals surface area (Å²) in [7, 11) is 0. The van der Waals surface area contributed by atoms with E-state index in [-0.39, 0.29) is 23.8 Å². The molecule has 33 heavy (non-hydrogen) atoms. The molecule has 11 nitrogen and oxygen atoms in total. The van der Waals surface area contributed by atoms with Crippen LogP contribution in [0.1, 0.15) is 25.8 Å². The monoisotopic (exact) mass is 484 g/mol. The molecular formula is C21H32N4O7S. The van der Waals surface area contributed by atoms with Crippen molar-refractivity contribution < 1.29 is 34.5 Å². The van der Waals surface area contributed by atoms with Crippen molar-refractivity contribution in [2.24, 2.45) is 11.7 Å². The third-order valence-electron chi connectivity index (χ3n) is 5.13. The van der Waals surface area contributed by atoms with Crippen LogP contribution in [-0.2, 0) is 25.6 Å². The number of nitrogens with two attached hydrogens (primary N) is 1. The highest BCUT2D eigenvalue weighted by Gasteiger charge is 2.32. The Morgan fingerprint density at radius 1 is 1.00 bits per heavy atom. The molecule has 8 N–H and O–H groups in total. The molecule has 0 saturated heterocycles. The highest BCUT2D eigenvalue weighted by Crippen LogP contribution is 2.12. The molecule has 0 radical (unpaired) electrons. The van der Waals surface area contributed by atoms with Crippen molar-refractivity contribution in [3.8, 4) is 5.75 Å². The van der Waals surface area contributed by atoms with Crippen LogP contribution in [0.4, 0.5) is 0 Å². The molecule has 0 saturated carbocycles. The summed E-state index contributed by atoms with van der Waals surface area (Å²) < 4.78 is 0. The van der Waals surface area contributed by atoms with Gasteiger partial charge in [0, 0.05) is 5.75 Å². The van der Waals surface area contributed by atoms with Gasteiger partial charge in [-0.15, -0.1) is 0 Å². The summed E-state index contributed by atoms with van der Waals surface area (Å²) in [5, 5.41) is 35.0. The van der Waals surface area contributed by atoms with Gasteiger partial charge in [-0.2, -0.15) is 12.6 Å². The number of aliphatic hydroxyl groups excluding tert-OH is 1. The Morgan fingerprint density at radius 2 is 1.58 bits per heavy atom. The first-order valence-corrected chi connectivity index (χ1v) is 11.1. The van der Waals surface area contributed by atoms with Gasteiger partial charge in [0.05, 0.1) is 12.6 Å². The summed E-state index contributed by atoms with van der Waals surface area (Å²) in [5.41, 5.74) is 6.70. The molecule has 0 aliphatic carbocycles. The average molecular weight is 485 g/mol. The number of hydrogen-bond donors (Lipinski definition) is 8. The van der Waals surface area contributed by atoms with Gasteiger partial charge in [0.2, 0.25) is 17.7 Å². The Bertz CT molecular complexity index is 821. The number of phenolic OH excluding ortho intramolecular Hbond substituents is 1. The Labute approximate surface area is 197 Å². The highest BCUT2D eigenvalue weighted by atomic mass is 32.1. The van der Waals surface area contributed by atoms with Crippen LogP contribution in [0.3, 0.4) is 0 Å². The maximum Gasteiger partial charge on any atom is 0.327 e. The number of nitrogens with one attached hydrogen (secondary N) is 3. The van der Waals surface area contributed by atoms with Gasteiger partial charge in [0.1, 0.15) is 23.9 Å². The predicted octanol–water partition coefficient (Wildman–Crippen LogP) is -1.23. The first-order chi connectivity index (χ1) is 15.5. The fraction of sp³-hybridized carbons (Fsp3) is 0.524. The lowest BCUT2D eigenvalue weighted by atomic mass is 9.97. The Kier molecular flexibility index (Phi) is 11.7. The summed E-state index contributed by atoms with van der Waals surface area (Å²) in [6, 6.07) is 1.45. The van der Waals surface area contributed by atoms with Crippen LogP contribution in [0.5, 0.6) is 5.75 Å². The Hall–Kier alpha value is -2.83. The number of carboxylic acid groups (broad SMARTS) is 1. The van der Waals surface area contributed by atoms with E-state index in [0.29, 0.717) is 12.0 Å². The number of thiol groups is 1. The number of carbonyl (C=O) groups excluding carboxylic acids is 3. The second-order valence-corrected chi connectivity index (χ2v) is 8.04. The number of rotatable bonds is 13. The number of benzene rings is 1. The summed E-state index contributed by atoms with van der Waals surface area (Å²) in [6.07, 6.45) is 0.686. The fourth-order valence-electron chi connectivity index (χ4n) is 2.85. The van der Waals surface area contributed by atoms with Crippen molar-refractivity contribution in [1.29, 1.82) is 0 Å². The molecule has 1 aromatic rings. The summed E-state index contributed by atoms with van der Waals surface area (Å²) >= 11 is 3.85. The van der Waals surface area contributed by atoms with Crippen LogP contribution in [0.2, 0.25) is 0 Å². The molecule has 5 unspecified atom stereocenters. The van der Waals surface area contributed by atoms with Gasteiger partial charge in [-0.25, -0.2) is 4.79 Å². The van der Waals surface area contributed by atoms with Crippen LogP contribution in [-0.4, -0.2) is 75.5 Å². The minimum absolute atomic E-state index is 0.0804. The molecule has 0 heterocycles. The molecule has 1 aromatic carbocycles. The number of aliphatic carboxylic acids is 1. The number of aromatic hydroxyl groups is 1. The average Bonchev–Trinajstić information content (AvgIpc) is 2.79. The molecule has 0 aromatic heterocycles. The number of carbonyl (C=O) groups is 4. The second-order valence-electron chi connectivity index (χ2n) is 7.67. The lowest BCUT2D eigenvalue weighted by Gasteiger charge is -2.27. The summed E-state index contributed by atoms with van der Waals surface area (Å²) in [5.74, 6) is -3.95. The lowest BCUT2D eigenvalue weighted by Crippen LogP contribution is -2.59. The summed E-state index contributed by atoms with van der Waals surface area (Å²) in [4.78, 5) is 48.9. The second kappa shape index (κ2) is 13.7. The largest absolute Gasteiger partial charge is 0.508 e. The molecule has 3 amide bonds. The standard InChI is InChI=1S/C21H32N4O7S/c1-3-11(2)17(25-18(28)14(22)8-12-4-6-13(27)7-5-12)20(30)23-15(9-26)19(29)24-16(10-33)21(31)32/h4-7,11,14-17,26-27,33H,3,8-10,22H2,1-2H3,(H,23,30)(H,24,29)(H,25,28)(H,31,32). The van der Waals surface area contributed by atoms with Crippen molar-refractivity contribution in [2.45, 2.75) is 50.9 Å². The third-order valence-corrected chi connectivity index (χ3v) is 5.50. The molecule has 0 spiro atoms. The van der Waals surface area contributed by atoms with E-state index in [2.05, 4.69) is 28.6 Å². The summed E-state index contributed by atoms with van der Waals surface area (Å²) in [6.45, 7) is 2.76. The van der Waals surface area contributed by atoms with Crippen molar-refractivity contribution in [3.05, 3.63) is 29.8 Å². The van der Waals surface area contributed by atoms with Crippen molar-refractivity contribution >= 4 is 36.3 Å². The van der Waals surface area contributed by atoms with E-state index in [1.54, 1.807) is 19.1 Å². The van der Waals surface area contributed by atoms with Gasteiger partial charge in [0.15, 0.2) is 0 Å². The van der Waals surface area contributed by atoms with E-state index in [4.69, 9.17) is 10.8 Å². The van der Waals surface area contributed by atoms with Crippen LogP contribution in [0.15, 0.2) is 24.3 Å². The molecule has 0 aliphatic rings. The highest BCUT2D eigenvalue weighted by molar-refractivity contribution is 7.80. The van der Waals surface area contributed by atoms with Gasteiger partial charge in [-0.1, -0.05) is 32.4 Å². The predicted molar refractivity (Wildman–Crippen MR) is 124 cm³/mol. The molecule has 12 heteroatoms. The van der Waals surface area contributed by atoms with E-state index < -0.39 is 54.5 Å². The van der Waals surface area contributed by atoms with Crippen molar-refractivity contribution in [3.63, 3.8) is 0 Å². The number of carboxylic acids is 1. The number of phenols is 1. The minimum atomic E-state index is -1.42. The zero-order valence-electron chi connectivity index (χ0n) is 18.5. The molecule has 1 rings (SSSR count). The first kappa shape index (κ1) is 28.2. The smallest absolute Gasteiger partial charge is 0.327 e. The third kappa shape index (κ3) is 8.91. The normalized spacial score (nSPS) is 15.4. The zero-order valence-corrected chi connectivity index (χ0v) is 19.4.